The van der Waals surface area contributed by atoms with Gasteiger partial charge in [0.1, 0.15) is 6.61 Å². The van der Waals surface area contributed by atoms with Gasteiger partial charge in [-0.1, -0.05) is 0 Å². The minimum Gasteiger partial charge on any atom is -0.179 e. The second kappa shape index (κ2) is 5.51. The third-order valence-corrected chi connectivity index (χ3v) is 1.22. The average Bonchev–Trinajstić information content (AvgIpc) is 1.66. The van der Waals surface area contributed by atoms with Gasteiger partial charge in [0.2, 0.25) is 0 Å². The van der Waals surface area contributed by atoms with E-state index in [4.69, 9.17) is 4.89 Å². The lowest BCUT2D eigenvalue weighted by Crippen LogP contribution is -1.85. The summed E-state index contributed by atoms with van der Waals surface area (Å²) < 4.78 is 14.1. The first-order chi connectivity index (χ1) is 3.77. The Morgan fingerprint density at radius 3 is 2.75 bits per heavy atom. The highest BCUT2D eigenvalue weighted by Crippen LogP contribution is 2.13. The fourth-order valence-electron chi connectivity index (χ4n) is 0.207. The number of hydrogen-bond acceptors (Lipinski definition) is 3. The Kier molecular flexibility index (Phi) is 5.76. The lowest BCUT2D eigenvalue weighted by Gasteiger charge is -1.82. The van der Waals surface area contributed by atoms with Gasteiger partial charge in [0.15, 0.2) is 0 Å². The molecule has 0 amide bonds. The summed E-state index contributed by atoms with van der Waals surface area (Å²) in [6, 6.07) is 0. The molecule has 8 heavy (non-hydrogen) atoms. The third-order valence-electron chi connectivity index (χ3n) is 0.504. The molecule has 0 aromatic heterocycles. The van der Waals surface area contributed by atoms with Gasteiger partial charge in [-0.05, 0) is 12.2 Å². The molecule has 0 aliphatic carbocycles. The Morgan fingerprint density at radius 1 is 1.75 bits per heavy atom. The van der Waals surface area contributed by atoms with Crippen molar-refractivity contribution in [2.75, 3.05) is 12.4 Å². The van der Waals surface area contributed by atoms with E-state index >= 15 is 0 Å². The van der Waals surface area contributed by atoms with Crippen LogP contribution in [-0.2, 0) is 9.09 Å². The smallest absolute Gasteiger partial charge is 0.179 e. The molecular weight excluding hydrogens is 147 g/mol. The van der Waals surface area contributed by atoms with Gasteiger partial charge in [-0.3, -0.25) is 0 Å². The van der Waals surface area contributed by atoms with Crippen molar-refractivity contribution >= 4 is 20.9 Å². The Labute approximate surface area is 54.4 Å². The highest BCUT2D eigenvalue weighted by atomic mass is 32.1. The molecule has 5 heteroatoms. The van der Waals surface area contributed by atoms with E-state index in [0.29, 0.717) is 18.8 Å². The van der Waals surface area contributed by atoms with Crippen LogP contribution in [0, 0.1) is 0 Å². The highest BCUT2D eigenvalue weighted by molar-refractivity contribution is 7.80. The quantitative estimate of drug-likeness (QED) is 0.361. The highest BCUT2D eigenvalue weighted by Gasteiger charge is 2.09. The van der Waals surface area contributed by atoms with Crippen LogP contribution < -0.4 is 0 Å². The summed E-state index contributed by atoms with van der Waals surface area (Å²) in [5.74, 6) is 0.684. The van der Waals surface area contributed by atoms with Gasteiger partial charge in [0.05, 0.1) is 0 Å². The van der Waals surface area contributed by atoms with Crippen molar-refractivity contribution in [3.05, 3.63) is 0 Å². The molecule has 1 atom stereocenters. The Morgan fingerprint density at radius 2 is 2.38 bits per heavy atom. The molecule has 48 valence electrons. The summed E-state index contributed by atoms with van der Waals surface area (Å²) >= 11 is 3.87. The van der Waals surface area contributed by atoms with Crippen LogP contribution >= 0.6 is 20.9 Å². The van der Waals surface area contributed by atoms with E-state index in [1.54, 1.807) is 0 Å². The zero-order chi connectivity index (χ0) is 6.41. The maximum absolute atomic E-state index is 9.78. The first-order valence-electron chi connectivity index (χ1n) is 2.17. The Balaban J connectivity index is 2.82. The molecule has 3 nitrogen and oxygen atoms in total. The molecule has 0 saturated heterocycles. The molecule has 0 aliphatic heterocycles. The summed E-state index contributed by atoms with van der Waals surface area (Å²) in [5, 5.41) is 0. The van der Waals surface area contributed by atoms with E-state index in [1.165, 1.54) is 0 Å². The van der Waals surface area contributed by atoms with Gasteiger partial charge in [-0.2, -0.15) is 12.6 Å². The summed E-state index contributed by atoms with van der Waals surface area (Å²) in [5.41, 5.74) is 0. The van der Waals surface area contributed by atoms with Crippen molar-refractivity contribution in [2.45, 2.75) is 6.42 Å². The molecule has 0 spiro atoms. The van der Waals surface area contributed by atoms with Crippen LogP contribution in [0.4, 0.5) is 0 Å². The lowest BCUT2D eigenvalue weighted by molar-refractivity contribution is 0.283. The molecule has 0 aromatic rings. The molecular formula is C3H8O3PS+. The first kappa shape index (κ1) is 8.37. The lowest BCUT2D eigenvalue weighted by atomic mass is 10.5. The van der Waals surface area contributed by atoms with Crippen LogP contribution in [0.5, 0.6) is 0 Å². The minimum atomic E-state index is -2.40. The van der Waals surface area contributed by atoms with Crippen LogP contribution in [-0.4, -0.2) is 17.3 Å². The fourth-order valence-corrected chi connectivity index (χ4v) is 0.622. The van der Waals surface area contributed by atoms with Gasteiger partial charge in [-0.25, -0.2) is 0 Å². The summed E-state index contributed by atoms with van der Waals surface area (Å²) in [6.45, 7) is 0.315. The van der Waals surface area contributed by atoms with Crippen molar-refractivity contribution in [3.8, 4) is 0 Å². The average molecular weight is 155 g/mol. The second-order valence-corrected chi connectivity index (χ2v) is 2.33. The predicted molar refractivity (Wildman–Crippen MR) is 34.2 cm³/mol. The van der Waals surface area contributed by atoms with E-state index in [1.807, 2.05) is 0 Å². The van der Waals surface area contributed by atoms with Crippen molar-refractivity contribution in [3.63, 3.8) is 0 Å². The Bertz CT molecular complexity index is 76.9. The molecule has 0 radical (unpaired) electrons. The van der Waals surface area contributed by atoms with Crippen molar-refractivity contribution in [1.29, 1.82) is 0 Å². The van der Waals surface area contributed by atoms with Crippen LogP contribution in [0.25, 0.3) is 0 Å². The summed E-state index contributed by atoms with van der Waals surface area (Å²) in [7, 11) is -2.40. The Hall–Kier alpha value is 0.370. The topological polar surface area (TPSA) is 46.5 Å². The van der Waals surface area contributed by atoms with E-state index in [9.17, 15) is 4.57 Å². The van der Waals surface area contributed by atoms with Gasteiger partial charge < -0.3 is 0 Å². The van der Waals surface area contributed by atoms with Crippen LogP contribution in [0.15, 0.2) is 0 Å². The van der Waals surface area contributed by atoms with Crippen molar-refractivity contribution in [2.24, 2.45) is 0 Å². The molecule has 0 rings (SSSR count). The number of rotatable bonds is 4. The van der Waals surface area contributed by atoms with Gasteiger partial charge in [0, 0.05) is 4.57 Å². The fraction of sp³-hybridized carbons (Fsp3) is 1.00. The molecule has 0 heterocycles. The molecule has 0 aliphatic rings. The van der Waals surface area contributed by atoms with Gasteiger partial charge in [0.25, 0.3) is 0 Å². The zero-order valence-corrected chi connectivity index (χ0v) is 6.07. The normalized spacial score (nSPS) is 11.5. The maximum atomic E-state index is 9.78. The van der Waals surface area contributed by atoms with Crippen molar-refractivity contribution < 1.29 is 14.0 Å². The monoisotopic (exact) mass is 155 g/mol. The van der Waals surface area contributed by atoms with Crippen LogP contribution in [0.3, 0.4) is 0 Å². The molecule has 0 fully saturated rings. The summed E-state index contributed by atoms with van der Waals surface area (Å²) in [6.07, 6.45) is 0.713. The van der Waals surface area contributed by atoms with Gasteiger partial charge >= 0.3 is 8.25 Å². The number of hydrogen-bond donors (Lipinski definition) is 2. The number of thiol groups is 1. The van der Waals surface area contributed by atoms with E-state index in [2.05, 4.69) is 17.2 Å². The first-order valence-corrected chi connectivity index (χ1v) is 3.93. The maximum Gasteiger partial charge on any atom is 0.694 e. The van der Waals surface area contributed by atoms with E-state index < -0.39 is 8.25 Å². The zero-order valence-electron chi connectivity index (χ0n) is 4.28. The van der Waals surface area contributed by atoms with Crippen LogP contribution in [0.2, 0.25) is 0 Å². The standard InChI is InChI=1S/C3H7O3PS/c4-7(5)6-2-1-3-8/h1-3H2,(H-,4,5,8)/p+1. The predicted octanol–water partition coefficient (Wildman–Crippen LogP) is 0.973. The van der Waals surface area contributed by atoms with E-state index in [-0.39, 0.29) is 0 Å². The van der Waals surface area contributed by atoms with Gasteiger partial charge in [-0.15, -0.1) is 9.42 Å². The molecule has 1 unspecified atom stereocenters. The molecule has 0 aromatic carbocycles. The largest absolute Gasteiger partial charge is 0.694 e. The molecule has 1 N–H and O–H groups in total. The molecule has 0 bridgehead atoms. The summed E-state index contributed by atoms with van der Waals surface area (Å²) in [4.78, 5) is 8.04. The second-order valence-electron chi connectivity index (χ2n) is 1.15. The molecule has 0 saturated carbocycles. The van der Waals surface area contributed by atoms with Crippen LogP contribution in [0.1, 0.15) is 6.42 Å². The van der Waals surface area contributed by atoms with Crippen molar-refractivity contribution in [1.82, 2.24) is 0 Å². The third kappa shape index (κ3) is 6.37. The SMILES string of the molecule is O=[P+](O)OCCCS. The van der Waals surface area contributed by atoms with E-state index in [0.717, 1.165) is 0 Å². The minimum absolute atomic E-state index is 0.315.